The summed E-state index contributed by atoms with van der Waals surface area (Å²) in [5.41, 5.74) is 1.07. The third kappa shape index (κ3) is 5.19. The van der Waals surface area contributed by atoms with Crippen LogP contribution in [0.4, 0.5) is 0 Å². The molecular weight excluding hydrogens is 228 g/mol. The van der Waals surface area contributed by atoms with Crippen molar-refractivity contribution < 1.29 is 9.53 Å². The molecule has 0 heterocycles. The molecule has 0 aromatic heterocycles. The van der Waals surface area contributed by atoms with E-state index in [0.717, 1.165) is 24.3 Å². The zero-order valence-corrected chi connectivity index (χ0v) is 11.2. The minimum Gasteiger partial charge on any atom is -0.494 e. The summed E-state index contributed by atoms with van der Waals surface area (Å²) in [6.45, 7) is 6.34. The lowest BCUT2D eigenvalue weighted by Crippen LogP contribution is -2.34. The molecule has 0 bridgehead atoms. The van der Waals surface area contributed by atoms with Gasteiger partial charge in [-0.2, -0.15) is 0 Å². The largest absolute Gasteiger partial charge is 0.494 e. The van der Waals surface area contributed by atoms with Gasteiger partial charge in [-0.3, -0.25) is 4.79 Å². The van der Waals surface area contributed by atoms with Crippen LogP contribution in [-0.2, 0) is 11.3 Å². The zero-order valence-electron chi connectivity index (χ0n) is 11.2. The molecule has 4 nitrogen and oxygen atoms in total. The average molecular weight is 250 g/mol. The zero-order chi connectivity index (χ0) is 13.2. The molecule has 0 saturated carbocycles. The maximum absolute atomic E-state index is 11.4. The van der Waals surface area contributed by atoms with E-state index in [2.05, 4.69) is 10.6 Å². The van der Waals surface area contributed by atoms with Crippen molar-refractivity contribution >= 4 is 5.91 Å². The number of rotatable bonds is 8. The molecule has 2 N–H and O–H groups in total. The molecule has 1 amide bonds. The number of ether oxygens (including phenoxy) is 1. The van der Waals surface area contributed by atoms with E-state index in [1.165, 1.54) is 0 Å². The molecule has 1 aromatic carbocycles. The number of hydrogen-bond donors (Lipinski definition) is 2. The van der Waals surface area contributed by atoms with E-state index in [0.29, 0.717) is 19.7 Å². The van der Waals surface area contributed by atoms with E-state index in [-0.39, 0.29) is 5.91 Å². The van der Waals surface area contributed by atoms with Gasteiger partial charge in [0.1, 0.15) is 5.75 Å². The third-order valence-corrected chi connectivity index (χ3v) is 2.45. The van der Waals surface area contributed by atoms with Crippen molar-refractivity contribution in [3.8, 4) is 5.75 Å². The summed E-state index contributed by atoms with van der Waals surface area (Å²) in [6, 6.07) is 7.86. The van der Waals surface area contributed by atoms with Crippen molar-refractivity contribution in [2.24, 2.45) is 0 Å². The fourth-order valence-corrected chi connectivity index (χ4v) is 1.58. The SMILES string of the molecule is CCCNC(=O)CNCc1ccccc1OCC. The second-order valence-corrected chi connectivity index (χ2v) is 3.99. The van der Waals surface area contributed by atoms with Gasteiger partial charge >= 0.3 is 0 Å². The number of amides is 1. The highest BCUT2D eigenvalue weighted by molar-refractivity contribution is 5.77. The third-order valence-electron chi connectivity index (χ3n) is 2.45. The Morgan fingerprint density at radius 1 is 1.28 bits per heavy atom. The summed E-state index contributed by atoms with van der Waals surface area (Å²) < 4.78 is 5.52. The predicted molar refractivity (Wildman–Crippen MR) is 72.6 cm³/mol. The van der Waals surface area contributed by atoms with E-state index in [1.54, 1.807) is 0 Å². The van der Waals surface area contributed by atoms with Crippen molar-refractivity contribution in [2.75, 3.05) is 19.7 Å². The topological polar surface area (TPSA) is 50.4 Å². The van der Waals surface area contributed by atoms with Crippen LogP contribution in [0.5, 0.6) is 5.75 Å². The summed E-state index contributed by atoms with van der Waals surface area (Å²) in [5.74, 6) is 0.909. The van der Waals surface area contributed by atoms with Crippen molar-refractivity contribution in [1.82, 2.24) is 10.6 Å². The first-order valence-electron chi connectivity index (χ1n) is 6.46. The minimum atomic E-state index is 0.0331. The highest BCUT2D eigenvalue weighted by Gasteiger charge is 2.03. The molecule has 1 aromatic rings. The van der Waals surface area contributed by atoms with Crippen LogP contribution in [0.3, 0.4) is 0 Å². The summed E-state index contributed by atoms with van der Waals surface area (Å²) >= 11 is 0. The van der Waals surface area contributed by atoms with Gasteiger partial charge in [0.15, 0.2) is 0 Å². The molecule has 0 spiro atoms. The van der Waals surface area contributed by atoms with Gasteiger partial charge in [-0.05, 0) is 19.4 Å². The fourth-order valence-electron chi connectivity index (χ4n) is 1.58. The highest BCUT2D eigenvalue weighted by Crippen LogP contribution is 2.17. The summed E-state index contributed by atoms with van der Waals surface area (Å²) in [7, 11) is 0. The molecule has 100 valence electrons. The Bertz CT molecular complexity index is 367. The van der Waals surface area contributed by atoms with E-state index in [4.69, 9.17) is 4.74 Å². The lowest BCUT2D eigenvalue weighted by molar-refractivity contribution is -0.120. The molecule has 0 radical (unpaired) electrons. The van der Waals surface area contributed by atoms with Crippen molar-refractivity contribution in [2.45, 2.75) is 26.8 Å². The number of hydrogen-bond acceptors (Lipinski definition) is 3. The highest BCUT2D eigenvalue weighted by atomic mass is 16.5. The Kier molecular flexibility index (Phi) is 6.87. The average Bonchev–Trinajstić information content (AvgIpc) is 2.38. The van der Waals surface area contributed by atoms with Crippen LogP contribution in [0, 0.1) is 0 Å². The van der Waals surface area contributed by atoms with Gasteiger partial charge in [0.25, 0.3) is 0 Å². The molecule has 0 aliphatic heterocycles. The van der Waals surface area contributed by atoms with E-state index >= 15 is 0 Å². The second-order valence-electron chi connectivity index (χ2n) is 3.99. The lowest BCUT2D eigenvalue weighted by atomic mass is 10.2. The van der Waals surface area contributed by atoms with Crippen molar-refractivity contribution in [3.05, 3.63) is 29.8 Å². The first-order valence-corrected chi connectivity index (χ1v) is 6.46. The van der Waals surface area contributed by atoms with Gasteiger partial charge in [0, 0.05) is 18.7 Å². The van der Waals surface area contributed by atoms with Gasteiger partial charge in [-0.1, -0.05) is 25.1 Å². The van der Waals surface area contributed by atoms with Crippen LogP contribution in [-0.4, -0.2) is 25.6 Å². The van der Waals surface area contributed by atoms with Crippen molar-refractivity contribution in [3.63, 3.8) is 0 Å². The van der Waals surface area contributed by atoms with Gasteiger partial charge < -0.3 is 15.4 Å². The van der Waals surface area contributed by atoms with Crippen LogP contribution in [0.1, 0.15) is 25.8 Å². The molecule has 0 fully saturated rings. The minimum absolute atomic E-state index is 0.0331. The summed E-state index contributed by atoms with van der Waals surface area (Å²) in [5, 5.41) is 5.94. The van der Waals surface area contributed by atoms with Gasteiger partial charge in [0.05, 0.1) is 13.2 Å². The monoisotopic (exact) mass is 250 g/mol. The molecule has 0 aliphatic rings. The molecule has 0 atom stereocenters. The first kappa shape index (κ1) is 14.5. The summed E-state index contributed by atoms with van der Waals surface area (Å²) in [6.07, 6.45) is 0.957. The maximum atomic E-state index is 11.4. The van der Waals surface area contributed by atoms with Crippen LogP contribution in [0.15, 0.2) is 24.3 Å². The Balaban J connectivity index is 2.36. The molecule has 0 unspecified atom stereocenters. The van der Waals surface area contributed by atoms with Crippen LogP contribution >= 0.6 is 0 Å². The van der Waals surface area contributed by atoms with Gasteiger partial charge in [0.2, 0.25) is 5.91 Å². The maximum Gasteiger partial charge on any atom is 0.233 e. The van der Waals surface area contributed by atoms with Gasteiger partial charge in [-0.25, -0.2) is 0 Å². The number of carbonyl (C=O) groups is 1. The van der Waals surface area contributed by atoms with E-state index in [1.807, 2.05) is 38.1 Å². The molecular formula is C14H22N2O2. The molecule has 0 aliphatic carbocycles. The Labute approximate surface area is 109 Å². The smallest absolute Gasteiger partial charge is 0.233 e. The normalized spacial score (nSPS) is 10.1. The number of nitrogens with one attached hydrogen (secondary N) is 2. The molecule has 4 heteroatoms. The fraction of sp³-hybridized carbons (Fsp3) is 0.500. The quantitative estimate of drug-likeness (QED) is 0.738. The Morgan fingerprint density at radius 3 is 2.78 bits per heavy atom. The number of benzene rings is 1. The number of para-hydroxylation sites is 1. The van der Waals surface area contributed by atoms with E-state index < -0.39 is 0 Å². The molecule has 18 heavy (non-hydrogen) atoms. The molecule has 1 rings (SSSR count). The Morgan fingerprint density at radius 2 is 2.06 bits per heavy atom. The van der Waals surface area contributed by atoms with Gasteiger partial charge in [-0.15, -0.1) is 0 Å². The molecule has 0 saturated heterocycles. The predicted octanol–water partition coefficient (Wildman–Crippen LogP) is 1.70. The van der Waals surface area contributed by atoms with Crippen LogP contribution < -0.4 is 15.4 Å². The second kappa shape index (κ2) is 8.53. The lowest BCUT2D eigenvalue weighted by Gasteiger charge is -2.10. The first-order chi connectivity index (χ1) is 8.77. The van der Waals surface area contributed by atoms with Crippen LogP contribution in [0.2, 0.25) is 0 Å². The Hall–Kier alpha value is -1.55. The summed E-state index contributed by atoms with van der Waals surface area (Å²) in [4.78, 5) is 11.4. The van der Waals surface area contributed by atoms with Crippen molar-refractivity contribution in [1.29, 1.82) is 0 Å². The van der Waals surface area contributed by atoms with Crippen LogP contribution in [0.25, 0.3) is 0 Å². The van der Waals surface area contributed by atoms with E-state index in [9.17, 15) is 4.79 Å². The number of carbonyl (C=O) groups excluding carboxylic acids is 1. The standard InChI is InChI=1S/C14H22N2O2/c1-3-9-16-14(17)11-15-10-12-7-5-6-8-13(12)18-4-2/h5-8,15H,3-4,9-11H2,1-2H3,(H,16,17).